The number of carbonyl (C=O) groups excluding carboxylic acids is 1. The van der Waals surface area contributed by atoms with Crippen molar-refractivity contribution in [3.63, 3.8) is 0 Å². The summed E-state index contributed by atoms with van der Waals surface area (Å²) < 4.78 is 40.4. The number of rotatable bonds is 10. The fraction of sp³-hybridized carbons (Fsp3) is 0.318. The summed E-state index contributed by atoms with van der Waals surface area (Å²) in [5.74, 6) is 0.0884. The van der Waals surface area contributed by atoms with Crippen LogP contribution in [0.1, 0.15) is 30.8 Å². The number of carbonyl (C=O) groups is 1. The molecule has 0 fully saturated rings. The molecule has 170 valence electrons. The van der Waals surface area contributed by atoms with Crippen LogP contribution in [0.5, 0.6) is 11.5 Å². The molecule has 10 heteroatoms. The molecule has 1 atom stereocenters. The molecule has 0 aliphatic heterocycles. The number of benzene rings is 2. The summed E-state index contributed by atoms with van der Waals surface area (Å²) in [6, 6.07) is 14.3. The van der Waals surface area contributed by atoms with Crippen molar-refractivity contribution in [3.05, 3.63) is 60.0 Å². The maximum atomic E-state index is 12.4. The predicted octanol–water partition coefficient (Wildman–Crippen LogP) is 2.94. The summed E-state index contributed by atoms with van der Waals surface area (Å²) in [6.07, 6.45) is -0.157. The van der Waals surface area contributed by atoms with Gasteiger partial charge in [0.2, 0.25) is 17.6 Å². The number of nitrogens with zero attached hydrogens (tertiary/aromatic N) is 2. The van der Waals surface area contributed by atoms with Gasteiger partial charge in [-0.1, -0.05) is 35.5 Å². The van der Waals surface area contributed by atoms with Crippen molar-refractivity contribution in [2.45, 2.75) is 25.1 Å². The van der Waals surface area contributed by atoms with Gasteiger partial charge >= 0.3 is 0 Å². The van der Waals surface area contributed by atoms with Crippen LogP contribution in [0.2, 0.25) is 0 Å². The third-order valence-corrected chi connectivity index (χ3v) is 6.28. The Morgan fingerprint density at radius 3 is 2.50 bits per heavy atom. The Morgan fingerprint density at radius 2 is 1.81 bits per heavy atom. The van der Waals surface area contributed by atoms with E-state index in [0.717, 1.165) is 5.56 Å². The molecule has 0 radical (unpaired) electrons. The van der Waals surface area contributed by atoms with E-state index < -0.39 is 15.6 Å². The summed E-state index contributed by atoms with van der Waals surface area (Å²) in [5, 5.41) is 6.64. The van der Waals surface area contributed by atoms with Crippen LogP contribution < -0.4 is 14.8 Å². The first kappa shape index (κ1) is 23.3. The van der Waals surface area contributed by atoms with Gasteiger partial charge in [0.25, 0.3) is 0 Å². The van der Waals surface area contributed by atoms with Crippen molar-refractivity contribution < 1.29 is 27.2 Å². The third-order valence-electron chi connectivity index (χ3n) is 4.77. The van der Waals surface area contributed by atoms with Crippen LogP contribution in [0.25, 0.3) is 11.4 Å². The minimum Gasteiger partial charge on any atom is -0.493 e. The second kappa shape index (κ2) is 10.3. The fourth-order valence-corrected chi connectivity index (χ4v) is 4.19. The van der Waals surface area contributed by atoms with E-state index in [2.05, 4.69) is 15.5 Å². The Bertz CT molecular complexity index is 1160. The first-order chi connectivity index (χ1) is 15.3. The summed E-state index contributed by atoms with van der Waals surface area (Å²) in [4.78, 5) is 16.3. The van der Waals surface area contributed by atoms with E-state index in [1.807, 2.05) is 37.3 Å². The molecule has 9 nitrogen and oxygen atoms in total. The first-order valence-corrected chi connectivity index (χ1v) is 11.7. The number of nitrogens with one attached hydrogen (secondary N) is 1. The highest BCUT2D eigenvalue weighted by Crippen LogP contribution is 2.31. The van der Waals surface area contributed by atoms with E-state index in [0.29, 0.717) is 17.1 Å². The standard InChI is InChI=1S/C22H25N3O6S/c1-15(16-7-5-4-6-8-16)23-20(26)11-12-32(27,28)14-21-24-22(25-31-21)17-9-10-18(29-2)19(13-17)30-3/h4-10,13,15H,11-12,14H2,1-3H3,(H,23,26). The van der Waals surface area contributed by atoms with Gasteiger partial charge in [-0.3, -0.25) is 4.79 Å². The van der Waals surface area contributed by atoms with E-state index in [-0.39, 0.29) is 35.8 Å². The molecule has 1 heterocycles. The quantitative estimate of drug-likeness (QED) is 0.491. The minimum atomic E-state index is -3.62. The molecule has 1 aromatic heterocycles. The molecule has 3 aromatic rings. The van der Waals surface area contributed by atoms with Gasteiger partial charge in [0.1, 0.15) is 5.75 Å². The number of hydrogen-bond acceptors (Lipinski definition) is 8. The molecule has 0 aliphatic rings. The fourth-order valence-electron chi connectivity index (χ4n) is 3.05. The summed E-state index contributed by atoms with van der Waals surface area (Å²) in [6.45, 7) is 1.84. The van der Waals surface area contributed by atoms with E-state index in [9.17, 15) is 13.2 Å². The highest BCUT2D eigenvalue weighted by Gasteiger charge is 2.20. The van der Waals surface area contributed by atoms with Crippen molar-refractivity contribution in [1.82, 2.24) is 15.5 Å². The Hall–Kier alpha value is -3.40. The number of methoxy groups -OCH3 is 2. The molecular formula is C22H25N3O6S. The van der Waals surface area contributed by atoms with E-state index in [4.69, 9.17) is 14.0 Å². The largest absolute Gasteiger partial charge is 0.493 e. The van der Waals surface area contributed by atoms with Crippen LogP contribution in [0.15, 0.2) is 53.1 Å². The smallest absolute Gasteiger partial charge is 0.242 e. The van der Waals surface area contributed by atoms with Gasteiger partial charge in [0, 0.05) is 12.0 Å². The highest BCUT2D eigenvalue weighted by atomic mass is 32.2. The summed E-state index contributed by atoms with van der Waals surface area (Å²) in [7, 11) is -0.592. The predicted molar refractivity (Wildman–Crippen MR) is 118 cm³/mol. The highest BCUT2D eigenvalue weighted by molar-refractivity contribution is 7.90. The molecule has 2 aromatic carbocycles. The number of hydrogen-bond donors (Lipinski definition) is 1. The van der Waals surface area contributed by atoms with Crippen LogP contribution in [0, 0.1) is 0 Å². The van der Waals surface area contributed by atoms with Crippen LogP contribution in [-0.2, 0) is 20.4 Å². The topological polar surface area (TPSA) is 121 Å². The lowest BCUT2D eigenvalue weighted by atomic mass is 10.1. The monoisotopic (exact) mass is 459 g/mol. The Labute approximate surface area is 186 Å². The van der Waals surface area contributed by atoms with E-state index >= 15 is 0 Å². The number of sulfone groups is 1. The zero-order valence-electron chi connectivity index (χ0n) is 18.1. The lowest BCUT2D eigenvalue weighted by molar-refractivity contribution is -0.121. The van der Waals surface area contributed by atoms with Gasteiger partial charge in [0.05, 0.1) is 26.0 Å². The maximum absolute atomic E-state index is 12.4. The van der Waals surface area contributed by atoms with E-state index in [1.165, 1.54) is 14.2 Å². The number of aromatic nitrogens is 2. The van der Waals surface area contributed by atoms with E-state index in [1.54, 1.807) is 18.2 Å². The summed E-state index contributed by atoms with van der Waals surface area (Å²) in [5.41, 5.74) is 1.53. The molecule has 0 saturated carbocycles. The van der Waals surface area contributed by atoms with Crippen molar-refractivity contribution in [3.8, 4) is 22.9 Å². The first-order valence-electron chi connectivity index (χ1n) is 9.91. The number of ether oxygens (including phenoxy) is 2. The average Bonchev–Trinajstić information content (AvgIpc) is 3.25. The minimum absolute atomic E-state index is 0.0483. The Kier molecular flexibility index (Phi) is 7.47. The van der Waals surface area contributed by atoms with Crippen LogP contribution >= 0.6 is 0 Å². The van der Waals surface area contributed by atoms with Crippen molar-refractivity contribution >= 4 is 15.7 Å². The molecule has 0 spiro atoms. The van der Waals surface area contributed by atoms with Crippen molar-refractivity contribution in [2.24, 2.45) is 0 Å². The van der Waals surface area contributed by atoms with Gasteiger partial charge in [-0.25, -0.2) is 8.42 Å². The molecule has 0 bridgehead atoms. The van der Waals surface area contributed by atoms with Crippen molar-refractivity contribution in [1.29, 1.82) is 0 Å². The zero-order valence-corrected chi connectivity index (χ0v) is 18.9. The van der Waals surface area contributed by atoms with Crippen LogP contribution in [0.3, 0.4) is 0 Å². The van der Waals surface area contributed by atoms with Gasteiger partial charge in [0.15, 0.2) is 21.3 Å². The molecule has 32 heavy (non-hydrogen) atoms. The lowest BCUT2D eigenvalue weighted by Crippen LogP contribution is -2.28. The van der Waals surface area contributed by atoms with Gasteiger partial charge in [-0.2, -0.15) is 4.98 Å². The third kappa shape index (κ3) is 6.07. The zero-order chi connectivity index (χ0) is 23.1. The number of amides is 1. The SMILES string of the molecule is COc1ccc(-c2noc(CS(=O)(=O)CCC(=O)NC(C)c3ccccc3)n2)cc1OC. The van der Waals surface area contributed by atoms with Crippen LogP contribution in [-0.4, -0.2) is 44.4 Å². The molecule has 3 rings (SSSR count). The van der Waals surface area contributed by atoms with Crippen molar-refractivity contribution in [2.75, 3.05) is 20.0 Å². The van der Waals surface area contributed by atoms with Crippen LogP contribution in [0.4, 0.5) is 0 Å². The average molecular weight is 460 g/mol. The molecule has 1 amide bonds. The second-order valence-electron chi connectivity index (χ2n) is 7.12. The van der Waals surface area contributed by atoms with Gasteiger partial charge in [-0.15, -0.1) is 0 Å². The molecule has 0 aliphatic carbocycles. The Balaban J connectivity index is 1.58. The molecule has 0 saturated heterocycles. The lowest BCUT2D eigenvalue weighted by Gasteiger charge is -2.14. The maximum Gasteiger partial charge on any atom is 0.242 e. The second-order valence-corrected chi connectivity index (χ2v) is 9.31. The Morgan fingerprint density at radius 1 is 1.09 bits per heavy atom. The molecular weight excluding hydrogens is 434 g/mol. The summed E-state index contributed by atoms with van der Waals surface area (Å²) >= 11 is 0. The van der Waals surface area contributed by atoms with Gasteiger partial charge in [-0.05, 0) is 30.7 Å². The molecule has 1 N–H and O–H groups in total. The molecule has 1 unspecified atom stereocenters. The normalized spacial score (nSPS) is 12.2. The van der Waals surface area contributed by atoms with Gasteiger partial charge < -0.3 is 19.3 Å².